The van der Waals surface area contributed by atoms with Crippen LogP contribution in [0.1, 0.15) is 62.3 Å². The largest absolute Gasteiger partial charge is 0.335 e. The summed E-state index contributed by atoms with van der Waals surface area (Å²) < 4.78 is 1.79. The summed E-state index contributed by atoms with van der Waals surface area (Å²) in [5, 5.41) is 2.46. The summed E-state index contributed by atoms with van der Waals surface area (Å²) in [6.45, 7) is 2.18. The minimum atomic E-state index is -0.494. The van der Waals surface area contributed by atoms with Crippen LogP contribution in [-0.4, -0.2) is 38.7 Å². The quantitative estimate of drug-likeness (QED) is 0.343. The Bertz CT molecular complexity index is 1560. The molecule has 3 aromatic rings. The lowest BCUT2D eigenvalue weighted by Gasteiger charge is -2.23. The number of nitrogens with one attached hydrogen (secondary N) is 1. The molecule has 3 aliphatic rings. The van der Waals surface area contributed by atoms with Crippen molar-refractivity contribution >= 4 is 40.2 Å². The maximum atomic E-state index is 13.3. The Morgan fingerprint density at radius 2 is 1.87 bits per heavy atom. The van der Waals surface area contributed by atoms with Crippen LogP contribution in [0, 0.1) is 0 Å². The number of imide groups is 1. The van der Waals surface area contributed by atoms with E-state index >= 15 is 0 Å². The predicted molar refractivity (Wildman–Crippen MR) is 146 cm³/mol. The molecule has 2 aromatic heterocycles. The van der Waals surface area contributed by atoms with Crippen molar-refractivity contribution in [2.45, 2.75) is 57.9 Å². The van der Waals surface area contributed by atoms with Crippen LogP contribution in [0.2, 0.25) is 0 Å². The van der Waals surface area contributed by atoms with Crippen LogP contribution in [-0.2, 0) is 20.8 Å². The van der Waals surface area contributed by atoms with E-state index in [2.05, 4.69) is 22.2 Å². The SMILES string of the molecule is CCCCCCCC(=O)C1Cc2cccc3c2N1C=CN=C3C1=C(c2cnc3ccccn23)C(=O)NC1=O. The van der Waals surface area contributed by atoms with Gasteiger partial charge in [0.15, 0.2) is 5.78 Å². The zero-order valence-corrected chi connectivity index (χ0v) is 21.3. The average molecular weight is 508 g/mol. The van der Waals surface area contributed by atoms with E-state index in [0.29, 0.717) is 29.9 Å². The van der Waals surface area contributed by atoms with Crippen LogP contribution in [0.5, 0.6) is 0 Å². The number of benzene rings is 1. The number of amides is 2. The Balaban J connectivity index is 1.38. The lowest BCUT2D eigenvalue weighted by atomic mass is 9.94. The number of hydrogen-bond donors (Lipinski definition) is 1. The first kappa shape index (κ1) is 24.0. The van der Waals surface area contributed by atoms with E-state index < -0.39 is 11.8 Å². The van der Waals surface area contributed by atoms with Gasteiger partial charge in [-0.3, -0.25) is 29.1 Å². The molecule has 3 aliphatic heterocycles. The molecule has 38 heavy (non-hydrogen) atoms. The number of unbranched alkanes of at least 4 members (excludes halogenated alkanes) is 4. The van der Waals surface area contributed by atoms with Crippen molar-refractivity contribution in [2.24, 2.45) is 4.99 Å². The standard InChI is InChI=1S/C30H29N5O3/c1-2-3-4-5-6-12-23(36)21-17-19-10-9-11-20-27(31-14-16-35(21)28(19)20)26-25(29(37)33-30(26)38)22-18-32-24-13-7-8-15-34(22)24/h7-11,13-16,18,21H,2-6,12,17H2,1H3,(H,33,37,38). The molecule has 0 radical (unpaired) electrons. The molecule has 0 aliphatic carbocycles. The fourth-order valence-corrected chi connectivity index (χ4v) is 5.72. The lowest BCUT2D eigenvalue weighted by Crippen LogP contribution is -2.35. The van der Waals surface area contributed by atoms with Gasteiger partial charge >= 0.3 is 0 Å². The number of para-hydroxylation sites is 1. The Labute approximate surface area is 220 Å². The van der Waals surface area contributed by atoms with Gasteiger partial charge in [-0.25, -0.2) is 4.98 Å². The molecule has 0 saturated heterocycles. The molecule has 6 rings (SSSR count). The second-order valence-corrected chi connectivity index (χ2v) is 9.95. The van der Waals surface area contributed by atoms with Crippen LogP contribution in [0.25, 0.3) is 11.2 Å². The minimum Gasteiger partial charge on any atom is -0.335 e. The lowest BCUT2D eigenvalue weighted by molar-refractivity contribution is -0.123. The first-order valence-electron chi connectivity index (χ1n) is 13.3. The molecule has 5 heterocycles. The Morgan fingerprint density at radius 1 is 1.03 bits per heavy atom. The number of aromatic nitrogens is 2. The number of nitrogens with zero attached hydrogens (tertiary/aromatic N) is 4. The number of aliphatic imine (C=N–C) groups is 1. The number of fused-ring (bicyclic) bond motifs is 1. The zero-order valence-electron chi connectivity index (χ0n) is 21.3. The Morgan fingerprint density at radius 3 is 2.74 bits per heavy atom. The molecular weight excluding hydrogens is 478 g/mol. The van der Waals surface area contributed by atoms with Crippen LogP contribution in [0.15, 0.2) is 71.8 Å². The van der Waals surface area contributed by atoms with Crippen molar-refractivity contribution in [3.63, 3.8) is 0 Å². The van der Waals surface area contributed by atoms with Crippen molar-refractivity contribution in [3.05, 3.63) is 83.6 Å². The number of ketones is 1. The highest BCUT2D eigenvalue weighted by molar-refractivity contribution is 6.47. The van der Waals surface area contributed by atoms with Crippen LogP contribution in [0.4, 0.5) is 5.69 Å². The summed E-state index contributed by atoms with van der Waals surface area (Å²) >= 11 is 0. The minimum absolute atomic E-state index is 0.214. The topological polar surface area (TPSA) is 96.1 Å². The van der Waals surface area contributed by atoms with E-state index in [9.17, 15) is 14.4 Å². The third kappa shape index (κ3) is 3.97. The predicted octanol–water partition coefficient (Wildman–Crippen LogP) is 4.38. The molecule has 1 N–H and O–H groups in total. The molecule has 1 atom stereocenters. The third-order valence-electron chi connectivity index (χ3n) is 7.55. The van der Waals surface area contributed by atoms with Gasteiger partial charge in [-0.05, 0) is 24.1 Å². The number of hydrogen-bond acceptors (Lipinski definition) is 6. The summed E-state index contributed by atoms with van der Waals surface area (Å²) in [6.07, 6.45) is 13.5. The Hall–Kier alpha value is -4.33. The van der Waals surface area contributed by atoms with Gasteiger partial charge in [0.05, 0.1) is 40.5 Å². The van der Waals surface area contributed by atoms with Gasteiger partial charge in [0.1, 0.15) is 5.65 Å². The van der Waals surface area contributed by atoms with Gasteiger partial charge in [0, 0.05) is 37.0 Å². The Kier molecular flexibility index (Phi) is 6.23. The highest BCUT2D eigenvalue weighted by Crippen LogP contribution is 2.40. The molecule has 0 spiro atoms. The van der Waals surface area contributed by atoms with E-state index in [4.69, 9.17) is 0 Å². The van der Waals surface area contributed by atoms with Crippen molar-refractivity contribution in [3.8, 4) is 0 Å². The molecule has 0 bridgehead atoms. The van der Waals surface area contributed by atoms with Gasteiger partial charge in [-0.1, -0.05) is 56.9 Å². The van der Waals surface area contributed by atoms with Crippen LogP contribution >= 0.6 is 0 Å². The number of rotatable bonds is 9. The molecule has 1 aromatic carbocycles. The molecule has 8 nitrogen and oxygen atoms in total. The number of anilines is 1. The number of carbonyl (C=O) groups excluding carboxylic acids is 3. The molecule has 0 fully saturated rings. The summed E-state index contributed by atoms with van der Waals surface area (Å²) in [5.74, 6) is -0.755. The van der Waals surface area contributed by atoms with E-state index in [-0.39, 0.29) is 23.0 Å². The zero-order chi connectivity index (χ0) is 26.2. The maximum absolute atomic E-state index is 13.3. The van der Waals surface area contributed by atoms with Crippen LogP contribution in [0.3, 0.4) is 0 Å². The van der Waals surface area contributed by atoms with Crippen molar-refractivity contribution in [1.82, 2.24) is 14.7 Å². The summed E-state index contributed by atoms with van der Waals surface area (Å²) in [6, 6.07) is 11.1. The van der Waals surface area contributed by atoms with E-state index in [1.165, 1.54) is 12.8 Å². The third-order valence-corrected chi connectivity index (χ3v) is 7.55. The summed E-state index contributed by atoms with van der Waals surface area (Å²) in [7, 11) is 0. The van der Waals surface area contributed by atoms with E-state index in [1.807, 2.05) is 53.7 Å². The van der Waals surface area contributed by atoms with Gasteiger partial charge in [0.25, 0.3) is 11.8 Å². The van der Waals surface area contributed by atoms with Gasteiger partial charge in [-0.15, -0.1) is 0 Å². The fourth-order valence-electron chi connectivity index (χ4n) is 5.72. The average Bonchev–Trinajstić information content (AvgIpc) is 3.55. The van der Waals surface area contributed by atoms with Gasteiger partial charge < -0.3 is 4.90 Å². The molecule has 1 unspecified atom stereocenters. The fraction of sp³-hybridized carbons (Fsp3) is 0.300. The summed E-state index contributed by atoms with van der Waals surface area (Å²) in [4.78, 5) is 50.6. The molecule has 8 heteroatoms. The van der Waals surface area contributed by atoms with Crippen molar-refractivity contribution < 1.29 is 14.4 Å². The van der Waals surface area contributed by atoms with E-state index in [0.717, 1.165) is 36.1 Å². The number of imidazole rings is 1. The highest BCUT2D eigenvalue weighted by Gasteiger charge is 2.40. The first-order valence-corrected chi connectivity index (χ1v) is 13.3. The molecule has 2 amide bonds. The second kappa shape index (κ2) is 9.85. The summed E-state index contributed by atoms with van der Waals surface area (Å²) in [5.41, 5.74) is 4.71. The smallest absolute Gasteiger partial charge is 0.261 e. The monoisotopic (exact) mass is 507 g/mol. The normalized spacial score (nSPS) is 18.2. The van der Waals surface area contributed by atoms with Crippen LogP contribution < -0.4 is 10.2 Å². The number of pyridine rings is 1. The highest BCUT2D eigenvalue weighted by atomic mass is 16.2. The second-order valence-electron chi connectivity index (χ2n) is 9.95. The first-order chi connectivity index (χ1) is 18.6. The van der Waals surface area contributed by atoms with E-state index in [1.54, 1.807) is 16.8 Å². The van der Waals surface area contributed by atoms with Gasteiger partial charge in [-0.2, -0.15) is 0 Å². The van der Waals surface area contributed by atoms with Crippen molar-refractivity contribution in [2.75, 3.05) is 4.90 Å². The maximum Gasteiger partial charge on any atom is 0.261 e. The molecular formula is C30H29N5O3. The van der Waals surface area contributed by atoms with Gasteiger partial charge in [0.2, 0.25) is 0 Å². The molecule has 0 saturated carbocycles. The molecule has 192 valence electrons. The number of Topliss-reactive ketones (excluding diaryl/α,β-unsaturated/α-hetero) is 1. The number of carbonyl (C=O) groups is 3. The van der Waals surface area contributed by atoms with Crippen molar-refractivity contribution in [1.29, 1.82) is 0 Å².